The topological polar surface area (TPSA) is 104 Å². The summed E-state index contributed by atoms with van der Waals surface area (Å²) in [6.45, 7) is 0. The summed E-state index contributed by atoms with van der Waals surface area (Å²) in [5, 5.41) is 20.0. The van der Waals surface area contributed by atoms with Crippen molar-refractivity contribution >= 4 is 28.3 Å². The van der Waals surface area contributed by atoms with Crippen molar-refractivity contribution in [3.8, 4) is 10.6 Å². The molecule has 7 nitrogen and oxygen atoms in total. The molecule has 2 rings (SSSR count). The number of halogens is 1. The van der Waals surface area contributed by atoms with Crippen LogP contribution in [0.3, 0.4) is 0 Å². The van der Waals surface area contributed by atoms with Crippen LogP contribution >= 0.6 is 11.3 Å². The highest BCUT2D eigenvalue weighted by Crippen LogP contribution is 2.26. The fraction of sp³-hybridized carbons (Fsp3) is 0.375. The van der Waals surface area contributed by atoms with Crippen molar-refractivity contribution in [3.05, 3.63) is 30.1 Å². The molecule has 0 aliphatic carbocycles. The number of unbranched alkanes of at least 4 members (excludes halogenated alkanes) is 3. The van der Waals surface area contributed by atoms with Gasteiger partial charge in [0.1, 0.15) is 10.8 Å². The van der Waals surface area contributed by atoms with Crippen molar-refractivity contribution in [2.24, 2.45) is 0 Å². The van der Waals surface area contributed by atoms with Crippen molar-refractivity contribution in [1.29, 1.82) is 0 Å². The molecule has 0 saturated heterocycles. The molecule has 0 bridgehead atoms. The number of benzene rings is 1. The quantitative estimate of drug-likeness (QED) is 0.359. The molecule has 1 aromatic carbocycles. The molecule has 3 N–H and O–H groups in total. The molecule has 2 amide bonds. The van der Waals surface area contributed by atoms with Crippen LogP contribution in [0.25, 0.3) is 10.6 Å². The van der Waals surface area contributed by atoms with Gasteiger partial charge >= 0.3 is 0 Å². The van der Waals surface area contributed by atoms with E-state index in [1.165, 1.54) is 23.5 Å². The average molecular weight is 366 g/mol. The third-order valence-electron chi connectivity index (χ3n) is 3.44. The normalized spacial score (nSPS) is 10.5. The number of nitrogens with zero attached hydrogens (tertiary/aromatic N) is 2. The molecule has 0 atom stereocenters. The number of hydrogen-bond donors (Lipinski definition) is 3. The number of anilines is 1. The van der Waals surface area contributed by atoms with Crippen molar-refractivity contribution in [3.63, 3.8) is 0 Å². The first-order valence-electron chi connectivity index (χ1n) is 7.90. The van der Waals surface area contributed by atoms with Gasteiger partial charge in [0.2, 0.25) is 16.9 Å². The lowest BCUT2D eigenvalue weighted by Crippen LogP contribution is -2.17. The maximum absolute atomic E-state index is 12.9. The second-order valence-corrected chi connectivity index (χ2v) is 6.39. The van der Waals surface area contributed by atoms with E-state index < -0.39 is 5.91 Å². The van der Waals surface area contributed by atoms with E-state index in [9.17, 15) is 14.0 Å². The van der Waals surface area contributed by atoms with Crippen LogP contribution in [0.15, 0.2) is 24.3 Å². The number of hydroxylamine groups is 1. The van der Waals surface area contributed by atoms with Gasteiger partial charge in [-0.2, -0.15) is 0 Å². The first kappa shape index (κ1) is 18.9. The predicted octanol–water partition coefficient (Wildman–Crippen LogP) is 3.13. The third kappa shape index (κ3) is 6.55. The van der Waals surface area contributed by atoms with Gasteiger partial charge in [0.25, 0.3) is 0 Å². The Morgan fingerprint density at radius 1 is 1.00 bits per heavy atom. The Labute approximate surface area is 148 Å². The molecule has 0 spiro atoms. The van der Waals surface area contributed by atoms with E-state index in [0.717, 1.165) is 18.4 Å². The summed E-state index contributed by atoms with van der Waals surface area (Å²) < 4.78 is 12.9. The van der Waals surface area contributed by atoms with Crippen molar-refractivity contribution in [2.45, 2.75) is 38.5 Å². The number of rotatable bonds is 9. The molecule has 0 fully saturated rings. The van der Waals surface area contributed by atoms with Gasteiger partial charge in [-0.1, -0.05) is 24.2 Å². The molecule has 0 aliphatic rings. The SMILES string of the molecule is O=C(CCCCCCC(=O)Nc1nnc(-c2ccc(F)cc2)s1)NO. The van der Waals surface area contributed by atoms with Gasteiger partial charge < -0.3 is 5.32 Å². The molecule has 0 saturated carbocycles. The molecule has 2 aromatic rings. The van der Waals surface area contributed by atoms with Crippen LogP contribution in [0.2, 0.25) is 0 Å². The largest absolute Gasteiger partial charge is 0.301 e. The lowest BCUT2D eigenvalue weighted by molar-refractivity contribution is -0.129. The maximum Gasteiger partial charge on any atom is 0.243 e. The molecule has 0 radical (unpaired) electrons. The Kier molecular flexibility index (Phi) is 7.42. The fourth-order valence-electron chi connectivity index (χ4n) is 2.15. The molecule has 0 unspecified atom stereocenters. The minimum absolute atomic E-state index is 0.144. The van der Waals surface area contributed by atoms with Crippen LogP contribution < -0.4 is 10.8 Å². The lowest BCUT2D eigenvalue weighted by Gasteiger charge is -2.02. The zero-order chi connectivity index (χ0) is 18.1. The number of carbonyl (C=O) groups is 2. The monoisotopic (exact) mass is 366 g/mol. The summed E-state index contributed by atoms with van der Waals surface area (Å²) in [6, 6.07) is 5.91. The van der Waals surface area contributed by atoms with Crippen LogP contribution in [-0.2, 0) is 9.59 Å². The first-order valence-corrected chi connectivity index (χ1v) is 8.72. The zero-order valence-corrected chi connectivity index (χ0v) is 14.3. The molecule has 9 heteroatoms. The highest BCUT2D eigenvalue weighted by molar-refractivity contribution is 7.18. The van der Waals surface area contributed by atoms with E-state index in [4.69, 9.17) is 5.21 Å². The number of aromatic nitrogens is 2. The molecular weight excluding hydrogens is 347 g/mol. The van der Waals surface area contributed by atoms with Crippen LogP contribution in [0.1, 0.15) is 38.5 Å². The average Bonchev–Trinajstić information content (AvgIpc) is 3.06. The van der Waals surface area contributed by atoms with Gasteiger partial charge in [-0.25, -0.2) is 9.87 Å². The summed E-state index contributed by atoms with van der Waals surface area (Å²) in [7, 11) is 0. The summed E-state index contributed by atoms with van der Waals surface area (Å²) in [6.07, 6.45) is 3.65. The van der Waals surface area contributed by atoms with Gasteiger partial charge in [-0.05, 0) is 37.1 Å². The lowest BCUT2D eigenvalue weighted by atomic mass is 10.1. The fourth-order valence-corrected chi connectivity index (χ4v) is 2.91. The second kappa shape index (κ2) is 9.80. The van der Waals surface area contributed by atoms with E-state index in [-0.39, 0.29) is 18.1 Å². The highest BCUT2D eigenvalue weighted by Gasteiger charge is 2.10. The predicted molar refractivity (Wildman–Crippen MR) is 91.6 cm³/mol. The Morgan fingerprint density at radius 3 is 2.28 bits per heavy atom. The third-order valence-corrected chi connectivity index (χ3v) is 4.33. The smallest absolute Gasteiger partial charge is 0.243 e. The summed E-state index contributed by atoms with van der Waals surface area (Å²) in [4.78, 5) is 22.7. The van der Waals surface area contributed by atoms with Crippen LogP contribution in [0, 0.1) is 5.82 Å². The van der Waals surface area contributed by atoms with E-state index in [1.807, 2.05) is 0 Å². The van der Waals surface area contributed by atoms with Gasteiger partial charge in [0, 0.05) is 18.4 Å². The van der Waals surface area contributed by atoms with Gasteiger partial charge in [-0.15, -0.1) is 10.2 Å². The number of nitrogens with one attached hydrogen (secondary N) is 2. The first-order chi connectivity index (χ1) is 12.1. The zero-order valence-electron chi connectivity index (χ0n) is 13.5. The van der Waals surface area contributed by atoms with E-state index in [1.54, 1.807) is 17.6 Å². The molecule has 1 heterocycles. The van der Waals surface area contributed by atoms with E-state index in [0.29, 0.717) is 29.4 Å². The Hall–Kier alpha value is -2.39. The highest BCUT2D eigenvalue weighted by atomic mass is 32.1. The standard InChI is InChI=1S/C16H19FN4O3S/c17-12-9-7-11(8-10-12)15-19-20-16(25-15)18-13(22)5-3-1-2-4-6-14(23)21-24/h7-10,24H,1-6H2,(H,21,23)(H,18,20,22). The van der Waals surface area contributed by atoms with Crippen molar-refractivity contribution in [2.75, 3.05) is 5.32 Å². The van der Waals surface area contributed by atoms with Gasteiger partial charge in [0.05, 0.1) is 0 Å². The molecule has 134 valence electrons. The van der Waals surface area contributed by atoms with Gasteiger partial charge in [-0.3, -0.25) is 14.8 Å². The van der Waals surface area contributed by atoms with Crippen LogP contribution in [-0.4, -0.2) is 27.2 Å². The summed E-state index contributed by atoms with van der Waals surface area (Å²) in [5.74, 6) is -0.861. The Morgan fingerprint density at radius 2 is 1.64 bits per heavy atom. The summed E-state index contributed by atoms with van der Waals surface area (Å²) in [5.41, 5.74) is 2.33. The molecular formula is C16H19FN4O3S. The second-order valence-electron chi connectivity index (χ2n) is 5.42. The minimum atomic E-state index is -0.397. The Balaban J connectivity index is 1.69. The van der Waals surface area contributed by atoms with Crippen LogP contribution in [0.4, 0.5) is 9.52 Å². The number of carbonyl (C=O) groups excluding carboxylic acids is 2. The van der Waals surface area contributed by atoms with Crippen molar-refractivity contribution < 1.29 is 19.2 Å². The minimum Gasteiger partial charge on any atom is -0.301 e. The molecule has 1 aromatic heterocycles. The van der Waals surface area contributed by atoms with Crippen molar-refractivity contribution in [1.82, 2.24) is 15.7 Å². The van der Waals surface area contributed by atoms with Gasteiger partial charge in [0.15, 0.2) is 0 Å². The number of hydrogen-bond acceptors (Lipinski definition) is 6. The molecule has 0 aliphatic heterocycles. The van der Waals surface area contributed by atoms with E-state index in [2.05, 4.69) is 15.5 Å². The number of amides is 2. The molecule has 25 heavy (non-hydrogen) atoms. The maximum atomic E-state index is 12.9. The van der Waals surface area contributed by atoms with E-state index >= 15 is 0 Å². The van der Waals surface area contributed by atoms with Crippen LogP contribution in [0.5, 0.6) is 0 Å². The summed E-state index contributed by atoms with van der Waals surface area (Å²) >= 11 is 1.23. The Bertz CT molecular complexity index is 706.